The number of ether oxygens (including phenoxy) is 1. The van der Waals surface area contributed by atoms with Crippen LogP contribution in [0.2, 0.25) is 5.02 Å². The number of carbonyl (C=O) groups is 1. The zero-order valence-corrected chi connectivity index (χ0v) is 13.1. The van der Waals surface area contributed by atoms with Crippen LogP contribution in [0.15, 0.2) is 48.7 Å². The Balaban J connectivity index is 1.86. The minimum atomic E-state index is -0.718. The van der Waals surface area contributed by atoms with E-state index in [-0.39, 0.29) is 12.3 Å². The summed E-state index contributed by atoms with van der Waals surface area (Å²) in [4.78, 5) is 16.4. The minimum absolute atomic E-state index is 0.0823. The molecule has 0 fully saturated rings. The van der Waals surface area contributed by atoms with Crippen LogP contribution in [0.3, 0.4) is 0 Å². The van der Waals surface area contributed by atoms with Crippen LogP contribution in [-0.2, 0) is 11.3 Å². The van der Waals surface area contributed by atoms with Crippen molar-refractivity contribution in [2.45, 2.75) is 13.5 Å². The van der Waals surface area contributed by atoms with Gasteiger partial charge in [0.2, 0.25) is 0 Å². The zero-order chi connectivity index (χ0) is 16.4. The van der Waals surface area contributed by atoms with Gasteiger partial charge in [0.1, 0.15) is 6.61 Å². The van der Waals surface area contributed by atoms with Crippen LogP contribution in [0.1, 0.15) is 21.7 Å². The van der Waals surface area contributed by atoms with Crippen LogP contribution in [0, 0.1) is 12.1 Å². The predicted molar refractivity (Wildman–Crippen MR) is 86.0 cm³/mol. The predicted octanol–water partition coefficient (Wildman–Crippen LogP) is 3.19. The molecule has 0 aliphatic carbocycles. The molecule has 1 aromatic carbocycles. The highest BCUT2D eigenvalue weighted by Gasteiger charge is 2.18. The monoisotopic (exact) mass is 328 g/mol. The molecule has 0 unspecified atom stereocenters. The smallest absolute Gasteiger partial charge is 0.405 e. The van der Waals surface area contributed by atoms with Crippen molar-refractivity contribution in [2.75, 3.05) is 0 Å². The second-order valence-electron chi connectivity index (χ2n) is 5.00. The highest BCUT2D eigenvalue weighted by molar-refractivity contribution is 6.32. The second-order valence-corrected chi connectivity index (χ2v) is 5.38. The van der Waals surface area contributed by atoms with Gasteiger partial charge in [0.25, 0.3) is 0 Å². The summed E-state index contributed by atoms with van der Waals surface area (Å²) in [6.07, 6.45) is 1.24. The van der Waals surface area contributed by atoms with Crippen molar-refractivity contribution in [3.8, 4) is 0 Å². The number of fused-ring (bicyclic) bond motifs is 1. The average molecular weight is 329 g/mol. The molecule has 0 N–H and O–H groups in total. The fourth-order valence-electron chi connectivity index (χ4n) is 2.31. The third kappa shape index (κ3) is 2.96. The van der Waals surface area contributed by atoms with Crippen LogP contribution >= 0.6 is 11.6 Å². The molecule has 23 heavy (non-hydrogen) atoms. The summed E-state index contributed by atoms with van der Waals surface area (Å²) in [6.45, 7) is 1.79. The van der Waals surface area contributed by atoms with Gasteiger partial charge in [-0.3, -0.25) is 0 Å². The standard InChI is InChI=1S/C17H13ClN2O3/c1-11-12-6-2-3-7-13(12)19-14(16(11)18)10-23-17(21)15-8-4-5-9-20(15)22/h2-9H,10H2,1H3. The van der Waals surface area contributed by atoms with Gasteiger partial charge in [0, 0.05) is 17.5 Å². The first-order valence-electron chi connectivity index (χ1n) is 6.97. The topological polar surface area (TPSA) is 66.1 Å². The van der Waals surface area contributed by atoms with Crippen molar-refractivity contribution in [3.63, 3.8) is 0 Å². The maximum atomic E-state index is 12.0. The highest BCUT2D eigenvalue weighted by Crippen LogP contribution is 2.27. The molecule has 116 valence electrons. The van der Waals surface area contributed by atoms with Gasteiger partial charge in [-0.05, 0) is 24.6 Å². The fourth-order valence-corrected chi connectivity index (χ4v) is 2.51. The SMILES string of the molecule is Cc1c(Cl)c(COC(=O)c2cccc[n+]2[O-])nc2ccccc12. The number of halogens is 1. The van der Waals surface area contributed by atoms with Crippen LogP contribution < -0.4 is 4.73 Å². The Morgan fingerprint density at radius 2 is 2.00 bits per heavy atom. The number of carbonyl (C=O) groups excluding carboxylic acids is 1. The van der Waals surface area contributed by atoms with E-state index in [1.54, 1.807) is 6.07 Å². The van der Waals surface area contributed by atoms with Gasteiger partial charge in [-0.15, -0.1) is 0 Å². The molecule has 3 rings (SSSR count). The Morgan fingerprint density at radius 1 is 1.26 bits per heavy atom. The number of nitrogens with zero attached hydrogens (tertiary/aromatic N) is 2. The summed E-state index contributed by atoms with van der Waals surface area (Å²) in [7, 11) is 0. The van der Waals surface area contributed by atoms with Gasteiger partial charge in [-0.2, -0.15) is 4.73 Å². The Kier molecular flexibility index (Phi) is 4.12. The summed E-state index contributed by atoms with van der Waals surface area (Å²) in [6, 6.07) is 12.1. The highest BCUT2D eigenvalue weighted by atomic mass is 35.5. The molecule has 5 nitrogen and oxygen atoms in total. The average Bonchev–Trinajstić information content (AvgIpc) is 2.57. The van der Waals surface area contributed by atoms with E-state index in [0.717, 1.165) is 16.5 Å². The van der Waals surface area contributed by atoms with E-state index in [9.17, 15) is 10.0 Å². The third-order valence-electron chi connectivity index (χ3n) is 3.52. The van der Waals surface area contributed by atoms with Crippen molar-refractivity contribution >= 4 is 28.5 Å². The number of hydrogen-bond acceptors (Lipinski definition) is 4. The van der Waals surface area contributed by atoms with Crippen LogP contribution in [-0.4, -0.2) is 11.0 Å². The lowest BCUT2D eigenvalue weighted by molar-refractivity contribution is -0.608. The van der Waals surface area contributed by atoms with E-state index in [4.69, 9.17) is 16.3 Å². The molecule has 3 aromatic rings. The third-order valence-corrected chi connectivity index (χ3v) is 4.02. The van der Waals surface area contributed by atoms with Crippen molar-refractivity contribution in [1.82, 2.24) is 4.98 Å². The molecule has 0 atom stereocenters. The molecule has 0 bridgehead atoms. The molecule has 0 aliphatic heterocycles. The number of benzene rings is 1. The Hall–Kier alpha value is -2.66. The van der Waals surface area contributed by atoms with E-state index >= 15 is 0 Å². The summed E-state index contributed by atoms with van der Waals surface area (Å²) < 4.78 is 5.63. The zero-order valence-electron chi connectivity index (χ0n) is 12.3. The van der Waals surface area contributed by atoms with Gasteiger partial charge in [-0.1, -0.05) is 29.8 Å². The first-order chi connectivity index (χ1) is 11.1. The van der Waals surface area contributed by atoms with E-state index < -0.39 is 5.97 Å². The van der Waals surface area contributed by atoms with Crippen molar-refractivity contribution in [2.24, 2.45) is 0 Å². The van der Waals surface area contributed by atoms with Gasteiger partial charge in [0.15, 0.2) is 6.20 Å². The summed E-state index contributed by atoms with van der Waals surface area (Å²) >= 11 is 6.31. The molecule has 0 amide bonds. The van der Waals surface area contributed by atoms with Gasteiger partial charge < -0.3 is 9.94 Å². The Labute approximate surface area is 137 Å². The second kappa shape index (κ2) is 6.22. The molecule has 0 radical (unpaired) electrons. The van der Waals surface area contributed by atoms with E-state index in [1.807, 2.05) is 31.2 Å². The number of aryl methyl sites for hydroxylation is 1. The van der Waals surface area contributed by atoms with Crippen LogP contribution in [0.25, 0.3) is 10.9 Å². The van der Waals surface area contributed by atoms with E-state index in [1.165, 1.54) is 18.3 Å². The minimum Gasteiger partial charge on any atom is -0.618 e. The van der Waals surface area contributed by atoms with E-state index in [2.05, 4.69) is 4.98 Å². The fraction of sp³-hybridized carbons (Fsp3) is 0.118. The van der Waals surface area contributed by atoms with Gasteiger partial charge in [0.05, 0.1) is 16.2 Å². The molecule has 0 saturated heterocycles. The molecule has 0 saturated carbocycles. The number of esters is 1. The van der Waals surface area contributed by atoms with Gasteiger partial charge >= 0.3 is 11.7 Å². The molecule has 0 spiro atoms. The van der Waals surface area contributed by atoms with Crippen molar-refractivity contribution in [1.29, 1.82) is 0 Å². The summed E-state index contributed by atoms with van der Waals surface area (Å²) in [5, 5.41) is 13.0. The molecule has 2 heterocycles. The summed E-state index contributed by atoms with van der Waals surface area (Å²) in [5.74, 6) is -0.718. The number of rotatable bonds is 3. The largest absolute Gasteiger partial charge is 0.618 e. The molecule has 0 aliphatic rings. The number of pyridine rings is 2. The maximum absolute atomic E-state index is 12.0. The van der Waals surface area contributed by atoms with Crippen LogP contribution in [0.5, 0.6) is 0 Å². The number of hydrogen-bond donors (Lipinski definition) is 0. The number of para-hydroxylation sites is 1. The lowest BCUT2D eigenvalue weighted by Crippen LogP contribution is -2.34. The molecular formula is C17H13ClN2O3. The molecular weight excluding hydrogens is 316 g/mol. The molecule has 2 aromatic heterocycles. The van der Waals surface area contributed by atoms with Gasteiger partial charge in [-0.25, -0.2) is 9.78 Å². The quantitative estimate of drug-likeness (QED) is 0.421. The lowest BCUT2D eigenvalue weighted by Gasteiger charge is -2.10. The van der Waals surface area contributed by atoms with Crippen molar-refractivity contribution in [3.05, 3.63) is 75.8 Å². The van der Waals surface area contributed by atoms with Crippen LogP contribution in [0.4, 0.5) is 0 Å². The maximum Gasteiger partial charge on any atom is 0.405 e. The molecule has 6 heteroatoms. The first kappa shape index (κ1) is 15.2. The number of aromatic nitrogens is 2. The lowest BCUT2D eigenvalue weighted by atomic mass is 10.1. The normalized spacial score (nSPS) is 10.7. The summed E-state index contributed by atoms with van der Waals surface area (Å²) in [5.41, 5.74) is 2.03. The Bertz CT molecular complexity index is 896. The first-order valence-corrected chi connectivity index (χ1v) is 7.35. The Morgan fingerprint density at radius 3 is 2.78 bits per heavy atom. The van der Waals surface area contributed by atoms with Crippen molar-refractivity contribution < 1.29 is 14.3 Å². The van der Waals surface area contributed by atoms with E-state index in [0.29, 0.717) is 15.4 Å².